The van der Waals surface area contributed by atoms with E-state index >= 15 is 0 Å². The molecule has 1 aliphatic carbocycles. The maximum absolute atomic E-state index is 12.3. The minimum absolute atomic E-state index is 0.0491. The van der Waals surface area contributed by atoms with Crippen molar-refractivity contribution in [1.29, 1.82) is 0 Å². The van der Waals surface area contributed by atoms with E-state index in [0.29, 0.717) is 158 Å². The molecule has 336 valence electrons. The second-order valence-corrected chi connectivity index (χ2v) is 20.1. The van der Waals surface area contributed by atoms with E-state index in [1.54, 1.807) is 0 Å². The van der Waals surface area contributed by atoms with E-state index in [1.165, 1.54) is 22.3 Å². The Morgan fingerprint density at radius 1 is 0.508 bits per heavy atom. The van der Waals surface area contributed by atoms with Gasteiger partial charge in [-0.2, -0.15) is 0 Å². The molecule has 0 aromatic heterocycles. The minimum Gasteiger partial charge on any atom is -0.449 e. The van der Waals surface area contributed by atoms with Crippen molar-refractivity contribution in [3.05, 3.63) is 59.7 Å². The molecule has 0 heterocycles. The minimum atomic E-state index is -1.71. The van der Waals surface area contributed by atoms with E-state index in [2.05, 4.69) is 63.4 Å². The SMILES string of the molecule is CC(C)(C)[Si](C)(C)OCCOCCOCCOCCOCCOCCOCCOCCOCCOCCOCCCNC(=O)OCC1c2ccccc2-c2ccccc21. The Morgan fingerprint density at radius 3 is 1.19 bits per heavy atom. The van der Waals surface area contributed by atoms with Gasteiger partial charge in [-0.3, -0.25) is 0 Å². The highest BCUT2D eigenvalue weighted by atomic mass is 28.4. The topological polar surface area (TPSA) is 140 Å². The van der Waals surface area contributed by atoms with Gasteiger partial charge in [-0.15, -0.1) is 0 Å². The molecule has 15 heteroatoms. The van der Waals surface area contributed by atoms with Crippen molar-refractivity contribution in [3.8, 4) is 11.1 Å². The lowest BCUT2D eigenvalue weighted by atomic mass is 9.98. The van der Waals surface area contributed by atoms with E-state index < -0.39 is 14.4 Å². The summed E-state index contributed by atoms with van der Waals surface area (Å²) >= 11 is 0. The monoisotopic (exact) mass is 851 g/mol. The Morgan fingerprint density at radius 2 is 0.831 bits per heavy atom. The summed E-state index contributed by atoms with van der Waals surface area (Å²) in [7, 11) is -1.71. The van der Waals surface area contributed by atoms with Crippen LogP contribution < -0.4 is 5.32 Å². The summed E-state index contributed by atoms with van der Waals surface area (Å²) in [6.45, 7) is 22.8. The average molecular weight is 852 g/mol. The highest BCUT2D eigenvalue weighted by molar-refractivity contribution is 6.74. The molecule has 3 rings (SSSR count). The first kappa shape index (κ1) is 50.8. The molecular formula is C44H73NO13Si. The summed E-state index contributed by atoms with van der Waals surface area (Å²) in [4.78, 5) is 12.3. The molecule has 1 aliphatic rings. The normalized spacial score (nSPS) is 12.8. The lowest BCUT2D eigenvalue weighted by Gasteiger charge is -2.36. The fourth-order valence-corrected chi connectivity index (χ4v) is 6.69. The van der Waals surface area contributed by atoms with E-state index in [9.17, 15) is 4.79 Å². The third-order valence-electron chi connectivity index (χ3n) is 9.92. The largest absolute Gasteiger partial charge is 0.449 e. The second kappa shape index (κ2) is 31.4. The highest BCUT2D eigenvalue weighted by Crippen LogP contribution is 2.44. The van der Waals surface area contributed by atoms with Gasteiger partial charge in [0.1, 0.15) is 6.61 Å². The summed E-state index contributed by atoms with van der Waals surface area (Å²) in [5.74, 6) is 0.0491. The lowest BCUT2D eigenvalue weighted by molar-refractivity contribution is -0.0267. The molecule has 59 heavy (non-hydrogen) atoms. The number of nitrogens with one attached hydrogen (secondary N) is 1. The number of benzene rings is 2. The molecule has 0 saturated heterocycles. The summed E-state index contributed by atoms with van der Waals surface area (Å²) in [5.41, 5.74) is 4.81. The van der Waals surface area contributed by atoms with E-state index in [0.717, 1.165) is 0 Å². The third-order valence-corrected chi connectivity index (χ3v) is 14.5. The molecule has 0 aliphatic heterocycles. The number of ether oxygens (including phenoxy) is 11. The predicted molar refractivity (Wildman–Crippen MR) is 229 cm³/mol. The van der Waals surface area contributed by atoms with E-state index in [-0.39, 0.29) is 11.0 Å². The van der Waals surface area contributed by atoms with Gasteiger partial charge < -0.3 is 61.8 Å². The smallest absolute Gasteiger partial charge is 0.407 e. The molecule has 0 spiro atoms. The van der Waals surface area contributed by atoms with Gasteiger partial charge in [0.25, 0.3) is 0 Å². The van der Waals surface area contributed by atoms with Gasteiger partial charge in [0, 0.05) is 19.1 Å². The van der Waals surface area contributed by atoms with Crippen LogP contribution in [-0.2, 0) is 56.5 Å². The molecule has 1 amide bonds. The molecule has 0 bridgehead atoms. The molecule has 2 aromatic rings. The van der Waals surface area contributed by atoms with E-state index in [1.807, 2.05) is 24.3 Å². The first-order valence-electron chi connectivity index (χ1n) is 21.2. The van der Waals surface area contributed by atoms with Gasteiger partial charge >= 0.3 is 6.09 Å². The zero-order chi connectivity index (χ0) is 42.3. The van der Waals surface area contributed by atoms with Gasteiger partial charge in [0.15, 0.2) is 8.32 Å². The Labute approximate surface area is 354 Å². The third kappa shape index (κ3) is 22.2. The van der Waals surface area contributed by atoms with Crippen molar-refractivity contribution >= 4 is 14.4 Å². The number of carbonyl (C=O) groups excluding carboxylic acids is 1. The summed E-state index contributed by atoms with van der Waals surface area (Å²) < 4.78 is 67.0. The number of carbonyl (C=O) groups is 1. The number of rotatable bonds is 37. The van der Waals surface area contributed by atoms with Crippen molar-refractivity contribution in [2.24, 2.45) is 0 Å². The zero-order valence-electron chi connectivity index (χ0n) is 36.5. The van der Waals surface area contributed by atoms with Gasteiger partial charge in [-0.05, 0) is 46.8 Å². The maximum atomic E-state index is 12.3. The summed E-state index contributed by atoms with van der Waals surface area (Å²) in [6, 6.07) is 16.6. The molecule has 0 saturated carbocycles. The summed E-state index contributed by atoms with van der Waals surface area (Å²) in [5, 5.41) is 3.02. The van der Waals surface area contributed by atoms with Crippen molar-refractivity contribution in [3.63, 3.8) is 0 Å². The zero-order valence-corrected chi connectivity index (χ0v) is 37.5. The van der Waals surface area contributed by atoms with Crippen LogP contribution >= 0.6 is 0 Å². The molecule has 14 nitrogen and oxygen atoms in total. The number of alkyl carbamates (subject to hydrolysis) is 1. The van der Waals surface area contributed by atoms with Crippen molar-refractivity contribution in [1.82, 2.24) is 5.32 Å². The standard InChI is InChI=1S/C44H73NO13Si/c1-44(2,3)59(4,5)58-36-35-56-34-33-55-32-31-54-30-29-53-28-27-52-26-25-51-24-23-50-22-21-49-20-19-48-18-17-47-16-10-15-45-43(46)57-37-42-40-13-8-6-11-38(40)39-12-7-9-14-41(39)42/h6-9,11-14,42H,10,15-37H2,1-5H3,(H,45,46). The van der Waals surface area contributed by atoms with Crippen LogP contribution in [0.15, 0.2) is 48.5 Å². The maximum Gasteiger partial charge on any atom is 0.407 e. The Bertz CT molecular complexity index is 1320. The van der Waals surface area contributed by atoms with Crippen LogP contribution in [0.5, 0.6) is 0 Å². The molecule has 2 aromatic carbocycles. The molecule has 0 fully saturated rings. The highest BCUT2D eigenvalue weighted by Gasteiger charge is 2.36. The Balaban J connectivity index is 0.938. The molecule has 0 radical (unpaired) electrons. The van der Waals surface area contributed by atoms with Crippen molar-refractivity contribution < 1.29 is 61.3 Å². The summed E-state index contributed by atoms with van der Waals surface area (Å²) in [6.07, 6.45) is 0.270. The average Bonchev–Trinajstić information content (AvgIpc) is 3.54. The molecule has 1 N–H and O–H groups in total. The van der Waals surface area contributed by atoms with Crippen LogP contribution in [0.25, 0.3) is 11.1 Å². The van der Waals surface area contributed by atoms with E-state index in [4.69, 9.17) is 56.5 Å². The van der Waals surface area contributed by atoms with Crippen LogP contribution in [0, 0.1) is 0 Å². The number of fused-ring (bicyclic) bond motifs is 3. The van der Waals surface area contributed by atoms with Gasteiger partial charge in [0.05, 0.1) is 132 Å². The van der Waals surface area contributed by atoms with Crippen LogP contribution in [0.3, 0.4) is 0 Å². The van der Waals surface area contributed by atoms with Crippen molar-refractivity contribution in [2.45, 2.75) is 51.2 Å². The fraction of sp³-hybridized carbons (Fsp3) is 0.705. The van der Waals surface area contributed by atoms with Gasteiger partial charge in [-0.25, -0.2) is 4.79 Å². The molecule has 0 atom stereocenters. The Hall–Kier alpha value is -2.51. The fourth-order valence-electron chi connectivity index (χ4n) is 5.67. The predicted octanol–water partition coefficient (Wildman–Crippen LogP) is 6.10. The van der Waals surface area contributed by atoms with Crippen molar-refractivity contribution in [2.75, 3.05) is 152 Å². The van der Waals surface area contributed by atoms with Gasteiger partial charge in [-0.1, -0.05) is 69.3 Å². The Kier molecular flexibility index (Phi) is 27.0. The number of amides is 1. The molecular weight excluding hydrogens is 779 g/mol. The number of hydrogen-bond acceptors (Lipinski definition) is 13. The van der Waals surface area contributed by atoms with Crippen LogP contribution in [0.4, 0.5) is 4.79 Å². The van der Waals surface area contributed by atoms with Gasteiger partial charge in [0.2, 0.25) is 0 Å². The number of hydrogen-bond donors (Lipinski definition) is 1. The second-order valence-electron chi connectivity index (χ2n) is 15.3. The van der Waals surface area contributed by atoms with Crippen LogP contribution in [-0.4, -0.2) is 166 Å². The lowest BCUT2D eigenvalue weighted by Crippen LogP contribution is -2.41. The molecule has 0 unspecified atom stereocenters. The van der Waals surface area contributed by atoms with Crippen LogP contribution in [0.2, 0.25) is 18.1 Å². The van der Waals surface area contributed by atoms with Crippen LogP contribution in [0.1, 0.15) is 44.2 Å². The first-order valence-corrected chi connectivity index (χ1v) is 24.1. The first-order chi connectivity index (χ1) is 28.7. The quantitative estimate of drug-likeness (QED) is 0.0619.